The number of pyridine rings is 1. The van der Waals surface area contributed by atoms with Gasteiger partial charge in [-0.15, -0.1) is 0 Å². The number of benzene rings is 1. The zero-order valence-corrected chi connectivity index (χ0v) is 17.3. The van der Waals surface area contributed by atoms with E-state index in [-0.39, 0.29) is 16.7 Å². The summed E-state index contributed by atoms with van der Waals surface area (Å²) >= 11 is 12.1. The molecule has 0 saturated heterocycles. The molecule has 0 aliphatic rings. The first-order valence-electron chi connectivity index (χ1n) is 8.51. The molecule has 0 bridgehead atoms. The van der Waals surface area contributed by atoms with Crippen LogP contribution in [0.1, 0.15) is 22.1 Å². The Labute approximate surface area is 169 Å². The Morgan fingerprint density at radius 1 is 1.33 bits per heavy atom. The number of hydrogen-bond acceptors (Lipinski definition) is 6. The Kier molecular flexibility index (Phi) is 6.22. The van der Waals surface area contributed by atoms with Gasteiger partial charge < -0.3 is 9.47 Å². The molecule has 2 rings (SSSR count). The van der Waals surface area contributed by atoms with E-state index in [2.05, 4.69) is 9.71 Å². The van der Waals surface area contributed by atoms with Gasteiger partial charge in [0.1, 0.15) is 16.8 Å². The first kappa shape index (κ1) is 20.3. The van der Waals surface area contributed by atoms with Gasteiger partial charge >= 0.3 is 5.97 Å². The normalized spacial score (nSPS) is 14.0. The summed E-state index contributed by atoms with van der Waals surface area (Å²) in [5.41, 5.74) is -0.819. The third-order valence-corrected chi connectivity index (χ3v) is 5.42. The highest BCUT2D eigenvalue weighted by Gasteiger charge is 2.30. The van der Waals surface area contributed by atoms with Crippen molar-refractivity contribution in [1.29, 1.82) is 0 Å². The van der Waals surface area contributed by atoms with E-state index in [0.29, 0.717) is 15.8 Å². The lowest BCUT2D eigenvalue weighted by atomic mass is 10.2. The minimum absolute atomic E-state index is 0.0951. The zero-order chi connectivity index (χ0) is 21.1. The van der Waals surface area contributed by atoms with Gasteiger partial charge in [-0.05, 0) is 32.9 Å². The molecule has 0 spiro atoms. The van der Waals surface area contributed by atoms with Crippen molar-refractivity contribution in [1.82, 2.24) is 9.71 Å². The molecule has 0 aliphatic heterocycles. The number of carbonyl (C=O) groups is 1. The Balaban J connectivity index is 2.36. The lowest BCUT2D eigenvalue weighted by molar-refractivity contribution is -0.158. The maximum absolute atomic E-state index is 12.8. The topological polar surface area (TPSA) is 94.6 Å². The van der Waals surface area contributed by atoms with E-state index in [9.17, 15) is 13.2 Å². The SMILES string of the molecule is [2H]COC[C@H](NS(=O)(=O)c1ccc2c(Cl)cnc(Cl)c2c1)C(=O)OC(C)(C)C. The van der Waals surface area contributed by atoms with Crippen LogP contribution in [0.2, 0.25) is 10.2 Å². The van der Waals surface area contributed by atoms with Crippen LogP contribution in [0.5, 0.6) is 0 Å². The van der Waals surface area contributed by atoms with E-state index in [0.717, 1.165) is 0 Å². The van der Waals surface area contributed by atoms with Crippen LogP contribution in [0.15, 0.2) is 29.3 Å². The van der Waals surface area contributed by atoms with Gasteiger partial charge in [-0.25, -0.2) is 13.4 Å². The summed E-state index contributed by atoms with van der Waals surface area (Å²) in [4.78, 5) is 16.1. The minimum atomic E-state index is -4.13. The molecular weight excluding hydrogens is 415 g/mol. The second kappa shape index (κ2) is 8.28. The molecule has 0 amide bonds. The number of nitrogens with zero attached hydrogens (tertiary/aromatic N) is 1. The quantitative estimate of drug-likeness (QED) is 0.552. The van der Waals surface area contributed by atoms with Gasteiger partial charge in [0.05, 0.1) is 17.9 Å². The Bertz CT molecular complexity index is 979. The van der Waals surface area contributed by atoms with Crippen molar-refractivity contribution in [3.8, 4) is 0 Å². The van der Waals surface area contributed by atoms with Crippen molar-refractivity contribution in [3.05, 3.63) is 34.6 Å². The molecule has 27 heavy (non-hydrogen) atoms. The summed E-state index contributed by atoms with van der Waals surface area (Å²) in [5, 5.41) is 1.32. The summed E-state index contributed by atoms with van der Waals surface area (Å²) in [6, 6.07) is 2.83. The number of aromatic nitrogens is 1. The van der Waals surface area contributed by atoms with E-state index < -0.39 is 34.7 Å². The molecule has 148 valence electrons. The lowest BCUT2D eigenvalue weighted by Gasteiger charge is -2.24. The van der Waals surface area contributed by atoms with Crippen molar-refractivity contribution in [3.63, 3.8) is 0 Å². The average Bonchev–Trinajstić information content (AvgIpc) is 2.60. The second-order valence-corrected chi connectivity index (χ2v) is 9.16. The molecule has 1 atom stereocenters. The summed E-state index contributed by atoms with van der Waals surface area (Å²) in [6.45, 7) is 4.62. The smallest absolute Gasteiger partial charge is 0.327 e. The highest BCUT2D eigenvalue weighted by atomic mass is 35.5. The van der Waals surface area contributed by atoms with Crippen LogP contribution in [0.25, 0.3) is 10.8 Å². The molecule has 0 aliphatic carbocycles. The van der Waals surface area contributed by atoms with Crippen molar-refractivity contribution in [2.75, 3.05) is 13.7 Å². The third-order valence-electron chi connectivity index (χ3n) is 3.35. The predicted molar refractivity (Wildman–Crippen MR) is 104 cm³/mol. The molecule has 1 aromatic carbocycles. The number of esters is 1. The molecule has 0 saturated carbocycles. The molecule has 1 heterocycles. The predicted octanol–water partition coefficient (Wildman–Crippen LogP) is 3.18. The molecular formula is C17H20Cl2N2O5S. The van der Waals surface area contributed by atoms with Crippen LogP contribution >= 0.6 is 23.2 Å². The lowest BCUT2D eigenvalue weighted by Crippen LogP contribution is -2.46. The number of halogens is 2. The zero-order valence-electron chi connectivity index (χ0n) is 16.0. The van der Waals surface area contributed by atoms with Gasteiger partial charge in [-0.3, -0.25) is 4.79 Å². The maximum Gasteiger partial charge on any atom is 0.327 e. The van der Waals surface area contributed by atoms with Crippen molar-refractivity contribution < 1.29 is 24.1 Å². The van der Waals surface area contributed by atoms with E-state index in [1.54, 1.807) is 20.8 Å². The molecule has 1 N–H and O–H groups in total. The fraction of sp³-hybridized carbons (Fsp3) is 0.412. The van der Waals surface area contributed by atoms with Crippen LogP contribution in [0, 0.1) is 0 Å². The van der Waals surface area contributed by atoms with Crippen molar-refractivity contribution >= 4 is 50.0 Å². The van der Waals surface area contributed by atoms with Gasteiger partial charge in [0, 0.05) is 24.1 Å². The summed E-state index contributed by atoms with van der Waals surface area (Å²) in [5.74, 6) is -0.812. The van der Waals surface area contributed by atoms with Gasteiger partial charge in [0.2, 0.25) is 10.0 Å². The van der Waals surface area contributed by atoms with E-state index in [1.165, 1.54) is 24.4 Å². The van der Waals surface area contributed by atoms with Gasteiger partial charge in [-0.1, -0.05) is 29.3 Å². The molecule has 0 radical (unpaired) electrons. The standard InChI is InChI=1S/C17H20Cl2N2O5S/c1-17(2,3)26-16(22)14(9-25-4)21-27(23,24)10-5-6-11-12(7-10)15(19)20-8-13(11)18/h5-8,14,21H,9H2,1-4H3/t14-/m0/s1/i4D. The van der Waals surface area contributed by atoms with Gasteiger partial charge in [0.25, 0.3) is 0 Å². The number of ether oxygens (including phenoxy) is 2. The Hall–Kier alpha value is -1.45. The minimum Gasteiger partial charge on any atom is -0.459 e. The Morgan fingerprint density at radius 3 is 2.67 bits per heavy atom. The monoisotopic (exact) mass is 435 g/mol. The number of sulfonamides is 1. The van der Waals surface area contributed by atoms with Crippen LogP contribution < -0.4 is 4.72 Å². The van der Waals surface area contributed by atoms with Crippen LogP contribution in [0.4, 0.5) is 0 Å². The first-order chi connectivity index (χ1) is 12.9. The van der Waals surface area contributed by atoms with E-state index in [1.807, 2.05) is 0 Å². The fourth-order valence-corrected chi connectivity index (χ4v) is 3.83. The molecule has 1 aromatic heterocycles. The van der Waals surface area contributed by atoms with Crippen LogP contribution in [-0.4, -0.2) is 44.7 Å². The maximum atomic E-state index is 12.8. The molecule has 0 fully saturated rings. The summed E-state index contributed by atoms with van der Waals surface area (Å²) < 4.78 is 45.1. The van der Waals surface area contributed by atoms with Crippen LogP contribution in [0.3, 0.4) is 0 Å². The number of methoxy groups -OCH3 is 1. The van der Waals surface area contributed by atoms with Gasteiger partial charge in [0.15, 0.2) is 0 Å². The number of hydrogen-bond donors (Lipinski definition) is 1. The molecule has 0 unspecified atom stereocenters. The molecule has 7 nitrogen and oxygen atoms in total. The number of nitrogens with one attached hydrogen (secondary N) is 1. The van der Waals surface area contributed by atoms with Crippen molar-refractivity contribution in [2.24, 2.45) is 0 Å². The number of fused-ring (bicyclic) bond motifs is 1. The van der Waals surface area contributed by atoms with Gasteiger partial charge in [-0.2, -0.15) is 4.72 Å². The van der Waals surface area contributed by atoms with Crippen molar-refractivity contribution in [2.45, 2.75) is 37.3 Å². The molecule has 2 aromatic rings. The first-order valence-corrected chi connectivity index (χ1v) is 10.0. The third kappa shape index (κ3) is 5.52. The number of carbonyl (C=O) groups excluding carboxylic acids is 1. The summed E-state index contributed by atoms with van der Waals surface area (Å²) in [7, 11) is -4.57. The van der Waals surface area contributed by atoms with Crippen LogP contribution in [-0.2, 0) is 24.3 Å². The molecule has 10 heteroatoms. The van der Waals surface area contributed by atoms with E-state index in [4.69, 9.17) is 34.0 Å². The highest BCUT2D eigenvalue weighted by molar-refractivity contribution is 7.89. The van der Waals surface area contributed by atoms with E-state index >= 15 is 0 Å². The highest BCUT2D eigenvalue weighted by Crippen LogP contribution is 2.29. The Morgan fingerprint density at radius 2 is 2.04 bits per heavy atom. The largest absolute Gasteiger partial charge is 0.459 e. The fourth-order valence-electron chi connectivity index (χ4n) is 2.22. The summed E-state index contributed by atoms with van der Waals surface area (Å²) in [6.07, 6.45) is 1.37. The second-order valence-electron chi connectivity index (χ2n) is 6.68. The average molecular weight is 436 g/mol. The number of rotatable bonds is 6.